The second-order valence-corrected chi connectivity index (χ2v) is 5.31. The summed E-state index contributed by atoms with van der Waals surface area (Å²) in [5.41, 5.74) is 6.33. The van der Waals surface area contributed by atoms with Gasteiger partial charge in [0, 0.05) is 30.0 Å². The van der Waals surface area contributed by atoms with Crippen LogP contribution in [0.15, 0.2) is 11.4 Å². The molecule has 2 N–H and O–H groups in total. The van der Waals surface area contributed by atoms with Gasteiger partial charge < -0.3 is 10.6 Å². The molecule has 3 nitrogen and oxygen atoms in total. The number of anilines is 1. The van der Waals surface area contributed by atoms with Crippen LogP contribution in [0.4, 0.5) is 5.00 Å². The van der Waals surface area contributed by atoms with E-state index in [2.05, 4.69) is 0 Å². The van der Waals surface area contributed by atoms with Gasteiger partial charge in [0.1, 0.15) is 0 Å². The van der Waals surface area contributed by atoms with Crippen LogP contribution in [0.5, 0.6) is 0 Å². The highest BCUT2D eigenvalue weighted by Crippen LogP contribution is 2.19. The Balaban J connectivity index is 0.000000606. The molecule has 0 unspecified atom stereocenters. The van der Waals surface area contributed by atoms with E-state index in [1.165, 1.54) is 11.3 Å². The SMILES string of the molecule is CC.Nc1cc(C(=O)N2CCSCC2)cs1. The minimum atomic E-state index is 0.123. The van der Waals surface area contributed by atoms with Gasteiger partial charge in [0.25, 0.3) is 5.91 Å². The van der Waals surface area contributed by atoms with Gasteiger partial charge in [0.05, 0.1) is 10.6 Å². The Bertz CT molecular complexity index is 332. The van der Waals surface area contributed by atoms with Gasteiger partial charge in [0.2, 0.25) is 0 Å². The number of nitrogens with zero attached hydrogens (tertiary/aromatic N) is 1. The van der Waals surface area contributed by atoms with Gasteiger partial charge in [-0.1, -0.05) is 13.8 Å². The van der Waals surface area contributed by atoms with Gasteiger partial charge >= 0.3 is 0 Å². The molecule has 0 saturated carbocycles. The maximum Gasteiger partial charge on any atom is 0.254 e. The molecule has 5 heteroatoms. The molecule has 1 saturated heterocycles. The highest BCUT2D eigenvalue weighted by Gasteiger charge is 2.18. The number of amides is 1. The van der Waals surface area contributed by atoms with Crippen molar-refractivity contribution in [2.45, 2.75) is 13.8 Å². The Labute approximate surface area is 105 Å². The fourth-order valence-corrected chi connectivity index (χ4v) is 2.94. The lowest BCUT2D eigenvalue weighted by Gasteiger charge is -2.25. The van der Waals surface area contributed by atoms with Crippen molar-refractivity contribution in [2.75, 3.05) is 30.3 Å². The smallest absolute Gasteiger partial charge is 0.254 e. The van der Waals surface area contributed by atoms with E-state index in [0.717, 1.165) is 30.2 Å². The summed E-state index contributed by atoms with van der Waals surface area (Å²) in [6, 6.07) is 1.76. The number of rotatable bonds is 1. The maximum atomic E-state index is 11.9. The first-order valence-corrected chi connectivity index (χ1v) is 7.52. The molecule has 0 radical (unpaired) electrons. The monoisotopic (exact) mass is 258 g/mol. The third-order valence-electron chi connectivity index (χ3n) is 2.16. The third-order valence-corrected chi connectivity index (χ3v) is 3.87. The summed E-state index contributed by atoms with van der Waals surface area (Å²) in [7, 11) is 0. The van der Waals surface area contributed by atoms with Crippen molar-refractivity contribution in [3.8, 4) is 0 Å². The summed E-state index contributed by atoms with van der Waals surface area (Å²) in [6.07, 6.45) is 0. The van der Waals surface area contributed by atoms with E-state index in [1.54, 1.807) is 6.07 Å². The van der Waals surface area contributed by atoms with Gasteiger partial charge in [-0.3, -0.25) is 4.79 Å². The predicted octanol–water partition coefficient (Wildman–Crippen LogP) is 2.55. The van der Waals surface area contributed by atoms with Crippen molar-refractivity contribution < 1.29 is 4.79 Å². The molecule has 1 aliphatic heterocycles. The number of carbonyl (C=O) groups is 1. The molecule has 2 rings (SSSR count). The maximum absolute atomic E-state index is 11.9. The first kappa shape index (κ1) is 13.4. The van der Waals surface area contributed by atoms with E-state index in [0.29, 0.717) is 5.00 Å². The fourth-order valence-electron chi connectivity index (χ4n) is 1.41. The average molecular weight is 258 g/mol. The second kappa shape index (κ2) is 6.81. The van der Waals surface area contributed by atoms with Crippen LogP contribution in [0.1, 0.15) is 24.2 Å². The standard InChI is InChI=1S/C9H12N2OS2.C2H6/c10-8-5-7(6-14-8)9(12)11-1-3-13-4-2-11;1-2/h5-6H,1-4,10H2;1-2H3. The lowest BCUT2D eigenvalue weighted by Crippen LogP contribution is -2.37. The van der Waals surface area contributed by atoms with E-state index < -0.39 is 0 Å². The number of nitrogen functional groups attached to an aromatic ring is 1. The summed E-state index contributed by atoms with van der Waals surface area (Å²) >= 11 is 3.32. The van der Waals surface area contributed by atoms with Crippen LogP contribution < -0.4 is 5.73 Å². The van der Waals surface area contributed by atoms with Gasteiger partial charge in [-0.25, -0.2) is 0 Å². The van der Waals surface area contributed by atoms with Crippen LogP contribution in [0.3, 0.4) is 0 Å². The molecule has 0 aromatic carbocycles. The normalized spacial score (nSPS) is 15.2. The number of thioether (sulfide) groups is 1. The largest absolute Gasteiger partial charge is 0.391 e. The van der Waals surface area contributed by atoms with Crippen LogP contribution in [0.25, 0.3) is 0 Å². The zero-order valence-electron chi connectivity index (χ0n) is 9.73. The second-order valence-electron chi connectivity index (χ2n) is 3.14. The molecule has 1 aromatic rings. The van der Waals surface area contributed by atoms with Crippen LogP contribution in [0, 0.1) is 0 Å². The summed E-state index contributed by atoms with van der Waals surface area (Å²) < 4.78 is 0. The van der Waals surface area contributed by atoms with E-state index >= 15 is 0 Å². The molecule has 0 aliphatic carbocycles. The number of hydrogen-bond acceptors (Lipinski definition) is 4. The molecule has 2 heterocycles. The van der Waals surface area contributed by atoms with Crippen molar-refractivity contribution in [1.29, 1.82) is 0 Å². The number of hydrogen-bond donors (Lipinski definition) is 1. The average Bonchev–Trinajstić information content (AvgIpc) is 2.79. The topological polar surface area (TPSA) is 46.3 Å². The Morgan fingerprint density at radius 2 is 2.00 bits per heavy atom. The van der Waals surface area contributed by atoms with Crippen molar-refractivity contribution in [2.24, 2.45) is 0 Å². The number of thiophene rings is 1. The van der Waals surface area contributed by atoms with E-state index in [1.807, 2.05) is 35.9 Å². The Hall–Kier alpha value is -0.680. The molecule has 0 atom stereocenters. The van der Waals surface area contributed by atoms with Crippen molar-refractivity contribution in [1.82, 2.24) is 4.90 Å². The minimum absolute atomic E-state index is 0.123. The third kappa shape index (κ3) is 3.42. The van der Waals surface area contributed by atoms with Crippen molar-refractivity contribution in [3.63, 3.8) is 0 Å². The molecule has 1 amide bonds. The molecule has 0 spiro atoms. The lowest BCUT2D eigenvalue weighted by molar-refractivity contribution is 0.0773. The van der Waals surface area contributed by atoms with E-state index in [4.69, 9.17) is 5.73 Å². The molecular formula is C11H18N2OS2. The van der Waals surface area contributed by atoms with Gasteiger partial charge in [0.15, 0.2) is 0 Å². The minimum Gasteiger partial charge on any atom is -0.391 e. The van der Waals surface area contributed by atoms with Gasteiger partial charge in [-0.15, -0.1) is 11.3 Å². The molecule has 1 aliphatic rings. The summed E-state index contributed by atoms with van der Waals surface area (Å²) in [5, 5.41) is 2.54. The summed E-state index contributed by atoms with van der Waals surface area (Å²) in [4.78, 5) is 13.8. The first-order valence-electron chi connectivity index (χ1n) is 5.48. The zero-order valence-corrected chi connectivity index (χ0v) is 11.4. The molecule has 1 aromatic heterocycles. The van der Waals surface area contributed by atoms with Crippen molar-refractivity contribution in [3.05, 3.63) is 17.0 Å². The lowest BCUT2D eigenvalue weighted by atomic mass is 10.3. The number of nitrogens with two attached hydrogens (primary N) is 1. The zero-order chi connectivity index (χ0) is 12.0. The number of carbonyl (C=O) groups excluding carboxylic acids is 1. The van der Waals surface area contributed by atoms with Gasteiger partial charge in [-0.05, 0) is 6.07 Å². The fraction of sp³-hybridized carbons (Fsp3) is 0.545. The Kier molecular flexibility index (Phi) is 5.69. The summed E-state index contributed by atoms with van der Waals surface area (Å²) in [5.74, 6) is 2.22. The van der Waals surface area contributed by atoms with E-state index in [9.17, 15) is 4.79 Å². The molecular weight excluding hydrogens is 240 g/mol. The van der Waals surface area contributed by atoms with Crippen LogP contribution in [-0.2, 0) is 0 Å². The van der Waals surface area contributed by atoms with Crippen LogP contribution in [0.2, 0.25) is 0 Å². The summed E-state index contributed by atoms with van der Waals surface area (Å²) in [6.45, 7) is 5.72. The Morgan fingerprint density at radius 1 is 1.38 bits per heavy atom. The van der Waals surface area contributed by atoms with Crippen LogP contribution >= 0.6 is 23.1 Å². The van der Waals surface area contributed by atoms with Crippen LogP contribution in [-0.4, -0.2) is 35.4 Å². The molecule has 16 heavy (non-hydrogen) atoms. The quantitative estimate of drug-likeness (QED) is 0.842. The highest BCUT2D eigenvalue weighted by atomic mass is 32.2. The van der Waals surface area contributed by atoms with E-state index in [-0.39, 0.29) is 5.91 Å². The molecule has 1 fully saturated rings. The molecule has 0 bridgehead atoms. The first-order chi connectivity index (χ1) is 7.77. The highest BCUT2D eigenvalue weighted by molar-refractivity contribution is 7.99. The predicted molar refractivity (Wildman–Crippen MR) is 73.3 cm³/mol. The van der Waals surface area contributed by atoms with Gasteiger partial charge in [-0.2, -0.15) is 11.8 Å². The molecule has 90 valence electrons. The Morgan fingerprint density at radius 3 is 2.50 bits per heavy atom. The van der Waals surface area contributed by atoms with Crippen molar-refractivity contribution >= 4 is 34.0 Å².